The standard InChI is InChI=1S/C15H12N4O3/c20-15-8-7-12(11-4-3-9-16-10-11)17-18(15)13-5-1-2-6-14(13)19(21)22/h1-6,9-10H,7-8H2. The van der Waals surface area contributed by atoms with Crippen LogP contribution in [-0.2, 0) is 4.79 Å². The van der Waals surface area contributed by atoms with Crippen molar-refractivity contribution in [3.8, 4) is 0 Å². The van der Waals surface area contributed by atoms with Gasteiger partial charge in [-0.25, -0.2) is 0 Å². The van der Waals surface area contributed by atoms with E-state index in [9.17, 15) is 14.9 Å². The van der Waals surface area contributed by atoms with E-state index in [0.29, 0.717) is 12.1 Å². The van der Waals surface area contributed by atoms with E-state index < -0.39 is 4.92 Å². The van der Waals surface area contributed by atoms with E-state index in [1.165, 1.54) is 12.1 Å². The summed E-state index contributed by atoms with van der Waals surface area (Å²) < 4.78 is 0. The van der Waals surface area contributed by atoms with E-state index >= 15 is 0 Å². The molecule has 0 unspecified atom stereocenters. The summed E-state index contributed by atoms with van der Waals surface area (Å²) in [5.74, 6) is -0.262. The summed E-state index contributed by atoms with van der Waals surface area (Å²) in [6, 6.07) is 9.70. The molecule has 2 aromatic rings. The normalized spacial score (nSPS) is 14.6. The van der Waals surface area contributed by atoms with Crippen molar-refractivity contribution < 1.29 is 9.72 Å². The first-order valence-corrected chi connectivity index (χ1v) is 6.71. The number of carbonyl (C=O) groups excluding carboxylic acids is 1. The van der Waals surface area contributed by atoms with Gasteiger partial charge >= 0.3 is 0 Å². The predicted molar refractivity (Wildman–Crippen MR) is 80.6 cm³/mol. The Bertz CT molecular complexity index is 758. The summed E-state index contributed by atoms with van der Waals surface area (Å²) in [7, 11) is 0. The average molecular weight is 296 g/mol. The Morgan fingerprint density at radius 2 is 1.95 bits per heavy atom. The molecule has 22 heavy (non-hydrogen) atoms. The molecule has 1 aliphatic rings. The van der Waals surface area contributed by atoms with Crippen LogP contribution < -0.4 is 5.01 Å². The van der Waals surface area contributed by atoms with Gasteiger partial charge in [0.15, 0.2) is 0 Å². The fourth-order valence-corrected chi connectivity index (χ4v) is 2.28. The molecule has 1 amide bonds. The first-order valence-electron chi connectivity index (χ1n) is 6.71. The third-order valence-corrected chi connectivity index (χ3v) is 3.33. The minimum absolute atomic E-state index is 0.146. The lowest BCUT2D eigenvalue weighted by atomic mass is 10.1. The minimum Gasteiger partial charge on any atom is -0.273 e. The molecule has 0 fully saturated rings. The van der Waals surface area contributed by atoms with Crippen molar-refractivity contribution in [2.24, 2.45) is 5.10 Å². The molecule has 7 heteroatoms. The molecule has 0 radical (unpaired) electrons. The molecule has 0 spiro atoms. The topological polar surface area (TPSA) is 88.7 Å². The molecule has 110 valence electrons. The van der Waals surface area contributed by atoms with Gasteiger partial charge in [0, 0.05) is 36.9 Å². The van der Waals surface area contributed by atoms with Gasteiger partial charge in [-0.1, -0.05) is 18.2 Å². The number of nitrogens with zero attached hydrogens (tertiary/aromatic N) is 4. The van der Waals surface area contributed by atoms with Crippen LogP contribution >= 0.6 is 0 Å². The third kappa shape index (κ3) is 2.56. The summed E-state index contributed by atoms with van der Waals surface area (Å²) in [5.41, 5.74) is 1.52. The number of rotatable bonds is 3. The van der Waals surface area contributed by atoms with E-state index in [4.69, 9.17) is 0 Å². The molecular formula is C15H12N4O3. The van der Waals surface area contributed by atoms with Crippen LogP contribution in [0.1, 0.15) is 18.4 Å². The Hall–Kier alpha value is -3.09. The molecule has 7 nitrogen and oxygen atoms in total. The molecule has 1 aromatic heterocycles. The molecule has 2 heterocycles. The number of hydrazone groups is 1. The highest BCUT2D eigenvalue weighted by atomic mass is 16.6. The van der Waals surface area contributed by atoms with Gasteiger partial charge in [-0.2, -0.15) is 10.1 Å². The zero-order chi connectivity index (χ0) is 15.5. The van der Waals surface area contributed by atoms with Crippen LogP contribution in [-0.4, -0.2) is 21.5 Å². The van der Waals surface area contributed by atoms with Crippen LogP contribution in [0, 0.1) is 10.1 Å². The van der Waals surface area contributed by atoms with Gasteiger partial charge < -0.3 is 0 Å². The van der Waals surface area contributed by atoms with Gasteiger partial charge in [-0.15, -0.1) is 0 Å². The highest BCUT2D eigenvalue weighted by Crippen LogP contribution is 2.30. The van der Waals surface area contributed by atoms with Gasteiger partial charge in [0.2, 0.25) is 5.91 Å². The molecule has 0 aliphatic carbocycles. The van der Waals surface area contributed by atoms with Crippen LogP contribution in [0.15, 0.2) is 53.9 Å². The number of hydrogen-bond acceptors (Lipinski definition) is 5. The van der Waals surface area contributed by atoms with Gasteiger partial charge in [0.25, 0.3) is 5.69 Å². The van der Waals surface area contributed by atoms with E-state index in [1.807, 2.05) is 6.07 Å². The van der Waals surface area contributed by atoms with Crippen LogP contribution in [0.25, 0.3) is 0 Å². The molecule has 0 N–H and O–H groups in total. The fourth-order valence-electron chi connectivity index (χ4n) is 2.28. The molecule has 3 rings (SSSR count). The largest absolute Gasteiger partial charge is 0.295 e. The molecular weight excluding hydrogens is 284 g/mol. The van der Waals surface area contributed by atoms with Gasteiger partial charge in [0.1, 0.15) is 5.69 Å². The molecule has 0 saturated heterocycles. The number of hydrogen-bond donors (Lipinski definition) is 0. The summed E-state index contributed by atoms with van der Waals surface area (Å²) in [6.07, 6.45) is 4.05. The van der Waals surface area contributed by atoms with Crippen molar-refractivity contribution in [1.82, 2.24) is 4.98 Å². The van der Waals surface area contributed by atoms with Gasteiger partial charge in [0.05, 0.1) is 10.6 Å². The summed E-state index contributed by atoms with van der Waals surface area (Å²) in [6.45, 7) is 0. The molecule has 0 bridgehead atoms. The van der Waals surface area contributed by atoms with Crippen LogP contribution in [0.4, 0.5) is 11.4 Å². The van der Waals surface area contributed by atoms with Crippen molar-refractivity contribution in [1.29, 1.82) is 0 Å². The summed E-state index contributed by atoms with van der Waals surface area (Å²) >= 11 is 0. The Morgan fingerprint density at radius 1 is 1.14 bits per heavy atom. The van der Waals surface area contributed by atoms with Crippen molar-refractivity contribution in [2.45, 2.75) is 12.8 Å². The molecule has 1 aromatic carbocycles. The lowest BCUT2D eigenvalue weighted by Gasteiger charge is -2.23. The number of anilines is 1. The predicted octanol–water partition coefficient (Wildman–Crippen LogP) is 2.52. The minimum atomic E-state index is -0.517. The molecule has 1 aliphatic heterocycles. The number of pyridine rings is 1. The zero-order valence-electron chi connectivity index (χ0n) is 11.5. The quantitative estimate of drug-likeness (QED) is 0.643. The Balaban J connectivity index is 2.06. The summed E-state index contributed by atoms with van der Waals surface area (Å²) in [4.78, 5) is 26.8. The highest BCUT2D eigenvalue weighted by Gasteiger charge is 2.28. The maximum Gasteiger partial charge on any atom is 0.295 e. The molecule has 0 atom stereocenters. The van der Waals surface area contributed by atoms with E-state index in [2.05, 4.69) is 10.1 Å². The van der Waals surface area contributed by atoms with Crippen molar-refractivity contribution >= 4 is 23.0 Å². The van der Waals surface area contributed by atoms with Crippen molar-refractivity contribution in [2.75, 3.05) is 5.01 Å². The average Bonchev–Trinajstić information content (AvgIpc) is 2.56. The second-order valence-corrected chi connectivity index (χ2v) is 4.74. The second-order valence-electron chi connectivity index (χ2n) is 4.74. The second kappa shape index (κ2) is 5.72. The number of benzene rings is 1. The van der Waals surface area contributed by atoms with Gasteiger partial charge in [-0.05, 0) is 12.1 Å². The first kappa shape index (κ1) is 13.9. The number of para-hydroxylation sites is 2. The lowest BCUT2D eigenvalue weighted by Crippen LogP contribution is -2.32. The van der Waals surface area contributed by atoms with Crippen LogP contribution in [0.2, 0.25) is 0 Å². The Kier molecular flexibility index (Phi) is 3.61. The van der Waals surface area contributed by atoms with E-state index in [1.54, 1.807) is 30.6 Å². The number of aromatic nitrogens is 1. The van der Waals surface area contributed by atoms with Gasteiger partial charge in [-0.3, -0.25) is 19.9 Å². The third-order valence-electron chi connectivity index (χ3n) is 3.33. The molecule has 0 saturated carbocycles. The number of nitro groups is 1. The highest BCUT2D eigenvalue weighted by molar-refractivity contribution is 6.09. The smallest absolute Gasteiger partial charge is 0.273 e. The van der Waals surface area contributed by atoms with E-state index in [-0.39, 0.29) is 23.7 Å². The maximum absolute atomic E-state index is 12.1. The van der Waals surface area contributed by atoms with Crippen LogP contribution in [0.5, 0.6) is 0 Å². The summed E-state index contributed by atoms with van der Waals surface area (Å²) in [5, 5.41) is 16.5. The fraction of sp³-hybridized carbons (Fsp3) is 0.133. The first-order chi connectivity index (χ1) is 10.7. The number of carbonyl (C=O) groups is 1. The zero-order valence-corrected chi connectivity index (χ0v) is 11.5. The Morgan fingerprint density at radius 3 is 2.68 bits per heavy atom. The number of nitro benzene ring substituents is 1. The Labute approximate surface area is 126 Å². The van der Waals surface area contributed by atoms with Crippen molar-refractivity contribution in [3.63, 3.8) is 0 Å². The SMILES string of the molecule is O=C1CCC(c2cccnc2)=NN1c1ccccc1[N+](=O)[O-]. The van der Waals surface area contributed by atoms with Crippen LogP contribution in [0.3, 0.4) is 0 Å². The maximum atomic E-state index is 12.1. The monoisotopic (exact) mass is 296 g/mol. The lowest BCUT2D eigenvalue weighted by molar-refractivity contribution is -0.384. The van der Waals surface area contributed by atoms with E-state index in [0.717, 1.165) is 10.6 Å². The number of amides is 1. The van der Waals surface area contributed by atoms with Crippen molar-refractivity contribution in [3.05, 3.63) is 64.5 Å².